The van der Waals surface area contributed by atoms with Crippen molar-refractivity contribution in [3.8, 4) is 0 Å². The Kier molecular flexibility index (Phi) is 6.00. The van der Waals surface area contributed by atoms with Crippen molar-refractivity contribution in [3.05, 3.63) is 0 Å². The smallest absolute Gasteiger partial charge is 0.236 e. The Bertz CT molecular complexity index is 159. The third-order valence-electron chi connectivity index (χ3n) is 1.21. The Hall–Kier alpha value is -1.10. The maximum atomic E-state index is 10.8. The predicted molar refractivity (Wildman–Crippen MR) is 43.3 cm³/mol. The van der Waals surface area contributed by atoms with Crippen molar-refractivity contribution in [3.63, 3.8) is 0 Å². The van der Waals surface area contributed by atoms with Gasteiger partial charge in [-0.1, -0.05) is 0 Å². The van der Waals surface area contributed by atoms with Gasteiger partial charge in [-0.3, -0.25) is 9.59 Å². The van der Waals surface area contributed by atoms with Crippen LogP contribution in [0.15, 0.2) is 0 Å². The first-order valence-electron chi connectivity index (χ1n) is 3.70. The van der Waals surface area contributed by atoms with Gasteiger partial charge in [0.25, 0.3) is 0 Å². The highest BCUT2D eigenvalue weighted by atomic mass is 16.5. The number of ether oxygens (including phenoxy) is 1. The van der Waals surface area contributed by atoms with Gasteiger partial charge >= 0.3 is 0 Å². The summed E-state index contributed by atoms with van der Waals surface area (Å²) in [6.45, 7) is 0.454. The molecule has 0 saturated heterocycles. The van der Waals surface area contributed by atoms with E-state index in [4.69, 9.17) is 10.5 Å². The van der Waals surface area contributed by atoms with Crippen molar-refractivity contribution in [2.24, 2.45) is 5.73 Å². The second-order valence-corrected chi connectivity index (χ2v) is 2.34. The minimum Gasteiger partial charge on any atom is -0.385 e. The molecule has 0 aromatic rings. The van der Waals surface area contributed by atoms with E-state index >= 15 is 0 Å². The van der Waals surface area contributed by atoms with Gasteiger partial charge < -0.3 is 15.8 Å². The first-order chi connectivity index (χ1) is 5.66. The summed E-state index contributed by atoms with van der Waals surface area (Å²) in [5.41, 5.74) is 4.82. The Balaban J connectivity index is 3.28. The molecule has 0 atom stereocenters. The molecule has 0 aliphatic carbocycles. The van der Waals surface area contributed by atoms with E-state index in [-0.39, 0.29) is 12.5 Å². The van der Waals surface area contributed by atoms with Crippen LogP contribution in [0.4, 0.5) is 0 Å². The van der Waals surface area contributed by atoms with Crippen LogP contribution in [0.1, 0.15) is 12.8 Å². The number of nitrogens with one attached hydrogen (secondary N) is 1. The summed E-state index contributed by atoms with van der Waals surface area (Å²) in [4.78, 5) is 21.1. The Labute approximate surface area is 71.3 Å². The van der Waals surface area contributed by atoms with E-state index in [0.717, 1.165) is 0 Å². The number of methoxy groups -OCH3 is 1. The lowest BCUT2D eigenvalue weighted by Gasteiger charge is -2.01. The van der Waals surface area contributed by atoms with Gasteiger partial charge in [0.05, 0.1) is 6.54 Å². The third-order valence-corrected chi connectivity index (χ3v) is 1.21. The Morgan fingerprint density at radius 3 is 2.67 bits per heavy atom. The van der Waals surface area contributed by atoms with Crippen LogP contribution in [0.5, 0.6) is 0 Å². The lowest BCUT2D eigenvalue weighted by molar-refractivity contribution is -0.125. The number of hydrogen-bond donors (Lipinski definition) is 2. The van der Waals surface area contributed by atoms with Gasteiger partial charge in [-0.15, -0.1) is 0 Å². The molecule has 0 aliphatic rings. The van der Waals surface area contributed by atoms with Gasteiger partial charge in [0.2, 0.25) is 11.8 Å². The first kappa shape index (κ1) is 10.9. The van der Waals surface area contributed by atoms with Crippen LogP contribution >= 0.6 is 0 Å². The lowest BCUT2D eigenvalue weighted by Crippen LogP contribution is -2.33. The average molecular weight is 174 g/mol. The summed E-state index contributed by atoms with van der Waals surface area (Å²) in [5, 5.41) is 2.37. The van der Waals surface area contributed by atoms with Crippen LogP contribution in [-0.4, -0.2) is 32.1 Å². The molecule has 5 heteroatoms. The fraction of sp³-hybridized carbons (Fsp3) is 0.714. The number of rotatable bonds is 6. The second-order valence-electron chi connectivity index (χ2n) is 2.34. The monoisotopic (exact) mass is 174 g/mol. The van der Waals surface area contributed by atoms with Crippen LogP contribution in [0, 0.1) is 0 Å². The molecule has 5 nitrogen and oxygen atoms in total. The van der Waals surface area contributed by atoms with Gasteiger partial charge in [-0.05, 0) is 6.42 Å². The van der Waals surface area contributed by atoms with Crippen molar-refractivity contribution in [1.29, 1.82) is 0 Å². The van der Waals surface area contributed by atoms with Gasteiger partial charge in [0, 0.05) is 20.1 Å². The van der Waals surface area contributed by atoms with E-state index in [9.17, 15) is 9.59 Å². The number of carbonyl (C=O) groups excluding carboxylic acids is 2. The zero-order valence-electron chi connectivity index (χ0n) is 7.13. The van der Waals surface area contributed by atoms with Crippen LogP contribution in [-0.2, 0) is 14.3 Å². The molecule has 2 amide bonds. The SMILES string of the molecule is COCCCC(=O)NCC(N)=O. The molecule has 12 heavy (non-hydrogen) atoms. The van der Waals surface area contributed by atoms with Crippen molar-refractivity contribution in [2.75, 3.05) is 20.3 Å². The molecule has 0 saturated carbocycles. The molecule has 0 aliphatic heterocycles. The molecule has 0 bridgehead atoms. The Morgan fingerprint density at radius 1 is 1.50 bits per heavy atom. The summed E-state index contributed by atoms with van der Waals surface area (Å²) < 4.78 is 4.75. The molecular formula is C7H14N2O3. The Morgan fingerprint density at radius 2 is 2.17 bits per heavy atom. The fourth-order valence-electron chi connectivity index (χ4n) is 0.651. The number of nitrogens with two attached hydrogens (primary N) is 1. The van der Waals surface area contributed by atoms with E-state index in [1.165, 1.54) is 0 Å². The van der Waals surface area contributed by atoms with Crippen molar-refractivity contribution in [2.45, 2.75) is 12.8 Å². The van der Waals surface area contributed by atoms with Crippen molar-refractivity contribution in [1.82, 2.24) is 5.32 Å². The summed E-state index contributed by atoms with van der Waals surface area (Å²) >= 11 is 0. The number of carbonyl (C=O) groups is 2. The van der Waals surface area contributed by atoms with E-state index in [2.05, 4.69) is 5.32 Å². The molecule has 0 heterocycles. The van der Waals surface area contributed by atoms with E-state index in [1.54, 1.807) is 7.11 Å². The van der Waals surface area contributed by atoms with E-state index in [1.807, 2.05) is 0 Å². The van der Waals surface area contributed by atoms with E-state index in [0.29, 0.717) is 19.4 Å². The van der Waals surface area contributed by atoms with Gasteiger partial charge in [0.1, 0.15) is 0 Å². The normalized spacial score (nSPS) is 9.42. The minimum atomic E-state index is -0.532. The van der Waals surface area contributed by atoms with Crippen LogP contribution in [0.3, 0.4) is 0 Å². The minimum absolute atomic E-state index is 0.0915. The highest BCUT2D eigenvalue weighted by molar-refractivity contribution is 5.83. The zero-order chi connectivity index (χ0) is 9.40. The first-order valence-corrected chi connectivity index (χ1v) is 3.70. The maximum absolute atomic E-state index is 10.8. The zero-order valence-corrected chi connectivity index (χ0v) is 7.13. The third kappa shape index (κ3) is 7.01. The number of hydrogen-bond acceptors (Lipinski definition) is 3. The van der Waals surface area contributed by atoms with E-state index < -0.39 is 5.91 Å². The molecule has 0 fully saturated rings. The highest BCUT2D eigenvalue weighted by Crippen LogP contribution is 1.87. The summed E-state index contributed by atoms with van der Waals surface area (Å²) in [6, 6.07) is 0. The molecule has 0 rings (SSSR count). The summed E-state index contributed by atoms with van der Waals surface area (Å²) in [5.74, 6) is -0.707. The molecule has 0 radical (unpaired) electrons. The number of amides is 2. The second kappa shape index (κ2) is 6.60. The van der Waals surface area contributed by atoms with Gasteiger partial charge in [-0.2, -0.15) is 0 Å². The predicted octanol–water partition coefficient (Wildman–Crippen LogP) is -0.985. The summed E-state index contributed by atoms with van der Waals surface area (Å²) in [6.07, 6.45) is 1.02. The fourth-order valence-corrected chi connectivity index (χ4v) is 0.651. The number of primary amides is 1. The van der Waals surface area contributed by atoms with Crippen LogP contribution in [0.2, 0.25) is 0 Å². The van der Waals surface area contributed by atoms with Gasteiger partial charge in [0.15, 0.2) is 0 Å². The molecule has 0 aromatic carbocycles. The largest absolute Gasteiger partial charge is 0.385 e. The van der Waals surface area contributed by atoms with Crippen LogP contribution < -0.4 is 11.1 Å². The van der Waals surface area contributed by atoms with Crippen LogP contribution in [0.25, 0.3) is 0 Å². The highest BCUT2D eigenvalue weighted by Gasteiger charge is 2.01. The molecule has 3 N–H and O–H groups in total. The maximum Gasteiger partial charge on any atom is 0.236 e. The molecule has 0 unspecified atom stereocenters. The van der Waals surface area contributed by atoms with Crippen molar-refractivity contribution >= 4 is 11.8 Å². The van der Waals surface area contributed by atoms with Crippen molar-refractivity contribution < 1.29 is 14.3 Å². The molecule has 0 spiro atoms. The topological polar surface area (TPSA) is 81.4 Å². The standard InChI is InChI=1S/C7H14N2O3/c1-12-4-2-3-7(11)9-5-6(8)10/h2-5H2,1H3,(H2,8,10)(H,9,11). The average Bonchev–Trinajstić information content (AvgIpc) is 2.01. The molecular weight excluding hydrogens is 160 g/mol. The van der Waals surface area contributed by atoms with Gasteiger partial charge in [-0.25, -0.2) is 0 Å². The molecule has 70 valence electrons. The molecule has 0 aromatic heterocycles. The quantitative estimate of drug-likeness (QED) is 0.507. The lowest BCUT2D eigenvalue weighted by atomic mass is 10.3. The summed E-state index contributed by atoms with van der Waals surface area (Å²) in [7, 11) is 1.57.